The number of carbonyl (C=O) groups is 1. The Morgan fingerprint density at radius 3 is 3.28 bits per heavy atom. The normalized spacial score (nSPS) is 20.5. The maximum atomic E-state index is 11.6. The zero-order chi connectivity index (χ0) is 12.5. The smallest absolute Gasteiger partial charge is 0.356 e. The van der Waals surface area contributed by atoms with Crippen LogP contribution in [0.3, 0.4) is 0 Å². The zero-order valence-corrected chi connectivity index (χ0v) is 10.2. The van der Waals surface area contributed by atoms with Gasteiger partial charge in [0.1, 0.15) is 5.69 Å². The quantitative estimate of drug-likeness (QED) is 0.673. The molecule has 2 N–H and O–H groups in total. The van der Waals surface area contributed by atoms with E-state index >= 15 is 0 Å². The van der Waals surface area contributed by atoms with E-state index in [0.717, 1.165) is 23.5 Å². The topological polar surface area (TPSA) is 63.2 Å². The molecule has 1 aliphatic carbocycles. The number of carbonyl (C=O) groups excluding carboxylic acids is 1. The summed E-state index contributed by atoms with van der Waals surface area (Å²) in [6.07, 6.45) is 3.03. The van der Waals surface area contributed by atoms with Gasteiger partial charge in [-0.25, -0.2) is 15.2 Å². The van der Waals surface area contributed by atoms with Crippen molar-refractivity contribution in [2.24, 2.45) is 5.92 Å². The molecule has 1 aromatic heterocycles. The van der Waals surface area contributed by atoms with Crippen LogP contribution in [-0.4, -0.2) is 24.1 Å². The van der Waals surface area contributed by atoms with Crippen molar-refractivity contribution in [1.29, 1.82) is 0 Å². The van der Waals surface area contributed by atoms with Gasteiger partial charge in [0.15, 0.2) is 0 Å². The van der Waals surface area contributed by atoms with Gasteiger partial charge in [-0.3, -0.25) is 0 Å². The van der Waals surface area contributed by atoms with Gasteiger partial charge in [0.05, 0.1) is 12.0 Å². The van der Waals surface area contributed by atoms with Gasteiger partial charge < -0.3 is 10.2 Å². The highest BCUT2D eigenvalue weighted by Crippen LogP contribution is 2.17. The summed E-state index contributed by atoms with van der Waals surface area (Å²) in [5, 5.41) is 1.94. The summed E-state index contributed by atoms with van der Waals surface area (Å²) in [5.74, 6) is 0.131. The van der Waals surface area contributed by atoms with Crippen molar-refractivity contribution in [3.8, 4) is 0 Å². The molecule has 0 bridgehead atoms. The Labute approximate surface area is 105 Å². The van der Waals surface area contributed by atoms with Crippen molar-refractivity contribution in [1.82, 2.24) is 15.8 Å². The van der Waals surface area contributed by atoms with Gasteiger partial charge >= 0.3 is 5.97 Å². The largest absolute Gasteiger partial charge is 0.461 e. The lowest BCUT2D eigenvalue weighted by Gasteiger charge is -2.12. The Bertz CT molecular complexity index is 609. The molecule has 94 valence electrons. The van der Waals surface area contributed by atoms with Crippen LogP contribution in [0.4, 0.5) is 0 Å². The summed E-state index contributed by atoms with van der Waals surface area (Å²) in [7, 11) is 0. The van der Waals surface area contributed by atoms with Gasteiger partial charge in [-0.15, -0.1) is 0 Å². The van der Waals surface area contributed by atoms with E-state index in [4.69, 9.17) is 4.74 Å². The molecule has 0 amide bonds. The number of aromatic nitrogens is 1. The third kappa shape index (κ3) is 1.76. The summed E-state index contributed by atoms with van der Waals surface area (Å²) in [4.78, 5) is 16.0. The van der Waals surface area contributed by atoms with Crippen LogP contribution < -0.4 is 21.4 Å². The lowest BCUT2D eigenvalue weighted by molar-refractivity contribution is 0.0519. The maximum absolute atomic E-state index is 11.6. The fraction of sp³-hybridized carbons (Fsp3) is 0.385. The second-order valence-electron chi connectivity index (χ2n) is 4.41. The number of pyridine rings is 1. The van der Waals surface area contributed by atoms with E-state index in [1.807, 2.05) is 6.07 Å². The van der Waals surface area contributed by atoms with E-state index in [9.17, 15) is 4.79 Å². The molecule has 1 fully saturated rings. The standard InChI is InChI=1S/C13H15N3O2/c1-2-18-13(17)11-6-4-9-10(15-11)5-3-8-7-14-16-12(8)9/h4-6,8,14,16H,2-3,7H2,1H3. The highest BCUT2D eigenvalue weighted by atomic mass is 16.5. The highest BCUT2D eigenvalue weighted by molar-refractivity contribution is 5.87. The average Bonchev–Trinajstić information content (AvgIpc) is 2.87. The number of hydrogen-bond acceptors (Lipinski definition) is 5. The van der Waals surface area contributed by atoms with E-state index in [0.29, 0.717) is 18.2 Å². The van der Waals surface area contributed by atoms with Crippen LogP contribution in [0.5, 0.6) is 0 Å². The molecule has 0 radical (unpaired) electrons. The van der Waals surface area contributed by atoms with Crippen LogP contribution in [0.1, 0.15) is 23.8 Å². The number of nitrogens with one attached hydrogen (secondary N) is 2. The van der Waals surface area contributed by atoms with Crippen molar-refractivity contribution in [3.63, 3.8) is 0 Å². The van der Waals surface area contributed by atoms with Crippen molar-refractivity contribution in [3.05, 3.63) is 28.4 Å². The molecule has 1 unspecified atom stereocenters. The lowest BCUT2D eigenvalue weighted by atomic mass is 9.97. The maximum Gasteiger partial charge on any atom is 0.356 e. The van der Waals surface area contributed by atoms with Gasteiger partial charge in [0.25, 0.3) is 0 Å². The van der Waals surface area contributed by atoms with Crippen molar-refractivity contribution < 1.29 is 9.53 Å². The monoisotopic (exact) mass is 245 g/mol. The first-order valence-electron chi connectivity index (χ1n) is 6.17. The van der Waals surface area contributed by atoms with Gasteiger partial charge in [0.2, 0.25) is 0 Å². The van der Waals surface area contributed by atoms with Crippen LogP contribution in [-0.2, 0) is 4.74 Å². The molecule has 18 heavy (non-hydrogen) atoms. The molecule has 1 aromatic rings. The van der Waals surface area contributed by atoms with Crippen molar-refractivity contribution in [2.75, 3.05) is 13.2 Å². The van der Waals surface area contributed by atoms with Gasteiger partial charge in [-0.2, -0.15) is 0 Å². The Balaban J connectivity index is 2.08. The van der Waals surface area contributed by atoms with E-state index in [1.165, 1.54) is 5.70 Å². The van der Waals surface area contributed by atoms with Crippen LogP contribution in [0, 0.1) is 5.92 Å². The minimum atomic E-state index is -0.363. The number of ether oxygens (including phenoxy) is 1. The molecule has 1 aliphatic heterocycles. The number of fused-ring (bicyclic) bond motifs is 2. The molecular formula is C13H15N3O2. The fourth-order valence-electron chi connectivity index (χ4n) is 2.39. The number of hydrazine groups is 1. The molecule has 1 saturated heterocycles. The van der Waals surface area contributed by atoms with E-state index in [1.54, 1.807) is 13.0 Å². The zero-order valence-electron chi connectivity index (χ0n) is 10.2. The number of esters is 1. The third-order valence-corrected chi connectivity index (χ3v) is 3.27. The van der Waals surface area contributed by atoms with Gasteiger partial charge in [-0.1, -0.05) is 6.08 Å². The molecule has 0 aromatic carbocycles. The van der Waals surface area contributed by atoms with Crippen LogP contribution in [0.15, 0.2) is 12.1 Å². The van der Waals surface area contributed by atoms with Crippen LogP contribution in [0.2, 0.25) is 0 Å². The van der Waals surface area contributed by atoms with Gasteiger partial charge in [0, 0.05) is 23.4 Å². The summed E-state index contributed by atoms with van der Waals surface area (Å²) in [5.41, 5.74) is 7.86. The molecule has 1 atom stereocenters. The molecule has 2 aliphatic rings. The molecule has 0 spiro atoms. The lowest BCUT2D eigenvalue weighted by Crippen LogP contribution is -2.38. The Kier molecular flexibility index (Phi) is 2.76. The first-order valence-corrected chi connectivity index (χ1v) is 6.17. The second-order valence-corrected chi connectivity index (χ2v) is 4.41. The van der Waals surface area contributed by atoms with Crippen molar-refractivity contribution in [2.45, 2.75) is 13.3 Å². The van der Waals surface area contributed by atoms with Crippen LogP contribution >= 0.6 is 0 Å². The summed E-state index contributed by atoms with van der Waals surface area (Å²) >= 11 is 0. The first kappa shape index (κ1) is 11.2. The van der Waals surface area contributed by atoms with E-state index < -0.39 is 0 Å². The molecule has 3 rings (SSSR count). The molecule has 2 heterocycles. The van der Waals surface area contributed by atoms with Crippen LogP contribution in [0.25, 0.3) is 11.8 Å². The highest BCUT2D eigenvalue weighted by Gasteiger charge is 2.23. The van der Waals surface area contributed by atoms with E-state index in [2.05, 4.69) is 21.9 Å². The average molecular weight is 245 g/mol. The minimum Gasteiger partial charge on any atom is -0.461 e. The molecular weight excluding hydrogens is 230 g/mol. The Morgan fingerprint density at radius 2 is 2.44 bits per heavy atom. The SMILES string of the molecule is CCOC(=O)c1ccc2c(n1)=CCC1CNNC=21. The Hall–Kier alpha value is -1.88. The minimum absolute atomic E-state index is 0.363. The summed E-state index contributed by atoms with van der Waals surface area (Å²) in [6.45, 7) is 3.09. The predicted octanol–water partition coefficient (Wildman–Crippen LogP) is -0.725. The summed E-state index contributed by atoms with van der Waals surface area (Å²) < 4.78 is 4.96. The molecule has 5 nitrogen and oxygen atoms in total. The number of rotatable bonds is 2. The number of hydrogen-bond donors (Lipinski definition) is 2. The summed E-state index contributed by atoms with van der Waals surface area (Å²) in [6, 6.07) is 3.66. The molecule has 5 heteroatoms. The third-order valence-electron chi connectivity index (χ3n) is 3.27. The molecule has 0 saturated carbocycles. The Morgan fingerprint density at radius 1 is 1.56 bits per heavy atom. The second kappa shape index (κ2) is 4.42. The number of nitrogens with zero attached hydrogens (tertiary/aromatic N) is 1. The first-order chi connectivity index (χ1) is 8.79. The van der Waals surface area contributed by atoms with E-state index in [-0.39, 0.29) is 5.97 Å². The van der Waals surface area contributed by atoms with Gasteiger partial charge in [-0.05, 0) is 25.5 Å². The van der Waals surface area contributed by atoms with Crippen molar-refractivity contribution >= 4 is 17.7 Å². The fourth-order valence-corrected chi connectivity index (χ4v) is 2.39. The predicted molar refractivity (Wildman–Crippen MR) is 66.6 cm³/mol.